The number of carbonyl (C=O) groups excluding carboxylic acids is 5. The minimum absolute atomic E-state index is 0.246. The third kappa shape index (κ3) is 3.16. The molecule has 2 heterocycles. The van der Waals surface area contributed by atoms with Gasteiger partial charge in [0, 0.05) is 0 Å². The van der Waals surface area contributed by atoms with Gasteiger partial charge < -0.3 is 10.1 Å². The number of rotatable bonds is 4. The van der Waals surface area contributed by atoms with Crippen molar-refractivity contribution in [2.24, 2.45) is 5.92 Å². The molecular formula is C20H21N3O6. The first kappa shape index (κ1) is 19.1. The fourth-order valence-electron chi connectivity index (χ4n) is 4.08. The maximum absolute atomic E-state index is 12.8. The minimum Gasteiger partial charge on any atom is -0.442 e. The van der Waals surface area contributed by atoms with Gasteiger partial charge in [-0.05, 0) is 43.7 Å². The number of hydrogen-bond donors (Lipinski definition) is 1. The Morgan fingerprint density at radius 3 is 2.24 bits per heavy atom. The zero-order valence-corrected chi connectivity index (χ0v) is 16.0. The summed E-state index contributed by atoms with van der Waals surface area (Å²) in [6, 6.07) is 5.70. The quantitative estimate of drug-likeness (QED) is 0.464. The Hall–Kier alpha value is -3.23. The molecule has 0 radical (unpaired) electrons. The Morgan fingerprint density at radius 1 is 1.07 bits per heavy atom. The highest BCUT2D eigenvalue weighted by Gasteiger charge is 2.52. The Balaban J connectivity index is 1.36. The first-order valence-electron chi connectivity index (χ1n) is 9.57. The number of imide groups is 2. The maximum Gasteiger partial charge on any atom is 0.328 e. The van der Waals surface area contributed by atoms with Gasteiger partial charge in [0.1, 0.15) is 12.1 Å². The molecule has 1 aromatic rings. The fourth-order valence-corrected chi connectivity index (χ4v) is 4.08. The molecule has 9 nitrogen and oxygen atoms in total. The van der Waals surface area contributed by atoms with E-state index in [1.165, 1.54) is 12.1 Å². The molecule has 2 fully saturated rings. The van der Waals surface area contributed by atoms with Gasteiger partial charge in [-0.15, -0.1) is 0 Å². The molecule has 1 saturated carbocycles. The predicted molar refractivity (Wildman–Crippen MR) is 98.5 cm³/mol. The SMILES string of the molecule is CC1CCC2(CC1)NC(=O)N(CC(=O)OCN1C(=O)c3ccccc3C1=O)C2=O. The topological polar surface area (TPSA) is 113 Å². The van der Waals surface area contributed by atoms with Crippen molar-refractivity contribution in [1.29, 1.82) is 0 Å². The number of ether oxygens (including phenoxy) is 1. The lowest BCUT2D eigenvalue weighted by molar-refractivity contribution is -0.150. The Kier molecular flexibility index (Phi) is 4.60. The number of esters is 1. The average Bonchev–Trinajstić information content (AvgIpc) is 3.09. The standard InChI is InChI=1S/C20H21N3O6/c1-12-6-8-20(9-7-12)18(27)22(19(28)21-20)10-15(24)29-11-23-16(25)13-4-2-3-5-14(13)17(23)26/h2-5,12H,6-11H2,1H3,(H,21,28). The molecule has 1 aromatic carbocycles. The number of nitrogens with zero attached hydrogens (tertiary/aromatic N) is 2. The highest BCUT2D eigenvalue weighted by Crippen LogP contribution is 2.36. The van der Waals surface area contributed by atoms with E-state index in [2.05, 4.69) is 12.2 Å². The van der Waals surface area contributed by atoms with E-state index in [0.29, 0.717) is 18.8 Å². The van der Waals surface area contributed by atoms with E-state index in [1.54, 1.807) is 12.1 Å². The van der Waals surface area contributed by atoms with Crippen LogP contribution in [0.3, 0.4) is 0 Å². The van der Waals surface area contributed by atoms with Crippen LogP contribution in [0.25, 0.3) is 0 Å². The van der Waals surface area contributed by atoms with Crippen molar-refractivity contribution < 1.29 is 28.7 Å². The van der Waals surface area contributed by atoms with Crippen molar-refractivity contribution in [3.63, 3.8) is 0 Å². The van der Waals surface area contributed by atoms with Crippen LogP contribution in [0, 0.1) is 5.92 Å². The predicted octanol–water partition coefficient (Wildman–Crippen LogP) is 1.28. The van der Waals surface area contributed by atoms with E-state index < -0.39 is 48.5 Å². The number of fused-ring (bicyclic) bond motifs is 1. The molecule has 0 bridgehead atoms. The molecule has 29 heavy (non-hydrogen) atoms. The van der Waals surface area contributed by atoms with Crippen LogP contribution in [0.15, 0.2) is 24.3 Å². The van der Waals surface area contributed by atoms with Gasteiger partial charge in [0.2, 0.25) is 0 Å². The molecule has 0 aromatic heterocycles. The molecule has 1 spiro atoms. The number of nitrogens with one attached hydrogen (secondary N) is 1. The summed E-state index contributed by atoms with van der Waals surface area (Å²) in [6.45, 7) is 0.963. The van der Waals surface area contributed by atoms with E-state index in [9.17, 15) is 24.0 Å². The summed E-state index contributed by atoms with van der Waals surface area (Å²) < 4.78 is 5.02. The summed E-state index contributed by atoms with van der Waals surface area (Å²) in [4.78, 5) is 63.5. The largest absolute Gasteiger partial charge is 0.442 e. The number of carbonyl (C=O) groups is 5. The third-order valence-corrected chi connectivity index (χ3v) is 5.89. The van der Waals surface area contributed by atoms with Gasteiger partial charge in [-0.1, -0.05) is 19.1 Å². The molecule has 5 amide bonds. The Morgan fingerprint density at radius 2 is 1.66 bits per heavy atom. The van der Waals surface area contributed by atoms with Crippen molar-refractivity contribution in [3.8, 4) is 0 Å². The number of amides is 5. The van der Waals surface area contributed by atoms with Crippen LogP contribution in [0.2, 0.25) is 0 Å². The summed E-state index contributed by atoms with van der Waals surface area (Å²) in [5.41, 5.74) is -0.445. The molecule has 1 saturated heterocycles. The fraction of sp³-hybridized carbons (Fsp3) is 0.450. The Bertz CT molecular complexity index is 884. The van der Waals surface area contributed by atoms with Gasteiger partial charge in [0.25, 0.3) is 17.7 Å². The maximum atomic E-state index is 12.8. The van der Waals surface area contributed by atoms with Gasteiger partial charge in [-0.3, -0.25) is 24.1 Å². The molecule has 1 N–H and O–H groups in total. The van der Waals surface area contributed by atoms with E-state index in [4.69, 9.17) is 4.74 Å². The normalized spacial score (nSPS) is 26.2. The lowest BCUT2D eigenvalue weighted by atomic mass is 9.77. The number of urea groups is 1. The van der Waals surface area contributed by atoms with Gasteiger partial charge in [-0.2, -0.15) is 0 Å². The van der Waals surface area contributed by atoms with Crippen LogP contribution in [-0.2, 0) is 14.3 Å². The monoisotopic (exact) mass is 399 g/mol. The van der Waals surface area contributed by atoms with Crippen LogP contribution in [0.5, 0.6) is 0 Å². The second-order valence-electron chi connectivity index (χ2n) is 7.82. The average molecular weight is 399 g/mol. The first-order chi connectivity index (χ1) is 13.8. The second kappa shape index (κ2) is 6.98. The van der Waals surface area contributed by atoms with Crippen LogP contribution in [-0.4, -0.2) is 58.3 Å². The molecule has 0 atom stereocenters. The molecule has 4 rings (SSSR count). The van der Waals surface area contributed by atoms with Crippen LogP contribution in [0.4, 0.5) is 4.79 Å². The van der Waals surface area contributed by atoms with E-state index in [-0.39, 0.29) is 11.1 Å². The first-order valence-corrected chi connectivity index (χ1v) is 9.57. The van der Waals surface area contributed by atoms with Crippen LogP contribution >= 0.6 is 0 Å². The highest BCUT2D eigenvalue weighted by atomic mass is 16.5. The molecule has 2 aliphatic heterocycles. The molecule has 3 aliphatic rings. The Labute approximate surface area is 167 Å². The number of benzene rings is 1. The van der Waals surface area contributed by atoms with Gasteiger partial charge in [-0.25, -0.2) is 9.69 Å². The van der Waals surface area contributed by atoms with Crippen LogP contribution in [0.1, 0.15) is 53.3 Å². The minimum atomic E-state index is -0.938. The van der Waals surface area contributed by atoms with Gasteiger partial charge >= 0.3 is 12.0 Å². The van der Waals surface area contributed by atoms with Gasteiger partial charge in [0.15, 0.2) is 6.73 Å². The summed E-state index contributed by atoms with van der Waals surface area (Å²) in [6.07, 6.45) is 2.73. The molecule has 152 valence electrons. The molecule has 0 unspecified atom stereocenters. The van der Waals surface area contributed by atoms with E-state index in [1.807, 2.05) is 0 Å². The molecular weight excluding hydrogens is 378 g/mol. The van der Waals surface area contributed by atoms with Crippen molar-refractivity contribution in [2.45, 2.75) is 38.1 Å². The van der Waals surface area contributed by atoms with E-state index >= 15 is 0 Å². The second-order valence-corrected chi connectivity index (χ2v) is 7.82. The van der Waals surface area contributed by atoms with Crippen molar-refractivity contribution in [2.75, 3.05) is 13.3 Å². The van der Waals surface area contributed by atoms with Crippen molar-refractivity contribution >= 4 is 29.7 Å². The van der Waals surface area contributed by atoms with Crippen molar-refractivity contribution in [1.82, 2.24) is 15.1 Å². The van der Waals surface area contributed by atoms with Crippen LogP contribution < -0.4 is 5.32 Å². The zero-order chi connectivity index (χ0) is 20.8. The lowest BCUT2D eigenvalue weighted by Gasteiger charge is -2.33. The zero-order valence-electron chi connectivity index (χ0n) is 16.0. The highest BCUT2D eigenvalue weighted by molar-refractivity contribution is 6.21. The summed E-state index contributed by atoms with van der Waals surface area (Å²) in [7, 11) is 0. The summed E-state index contributed by atoms with van der Waals surface area (Å²) in [5.74, 6) is -1.91. The molecule has 1 aliphatic carbocycles. The summed E-state index contributed by atoms with van der Waals surface area (Å²) >= 11 is 0. The molecule has 9 heteroatoms. The summed E-state index contributed by atoms with van der Waals surface area (Å²) in [5, 5.41) is 2.73. The third-order valence-electron chi connectivity index (χ3n) is 5.89. The lowest BCUT2D eigenvalue weighted by Crippen LogP contribution is -2.49. The van der Waals surface area contributed by atoms with Gasteiger partial charge in [0.05, 0.1) is 11.1 Å². The van der Waals surface area contributed by atoms with E-state index in [0.717, 1.165) is 22.6 Å². The smallest absolute Gasteiger partial charge is 0.328 e. The van der Waals surface area contributed by atoms with Crippen molar-refractivity contribution in [3.05, 3.63) is 35.4 Å². The number of hydrogen-bond acceptors (Lipinski definition) is 6.